The molecule has 0 fully saturated rings. The quantitative estimate of drug-likeness (QED) is 0.415. The Morgan fingerprint density at radius 1 is 1.13 bits per heavy atom. The second-order valence-corrected chi connectivity index (χ2v) is 7.36. The van der Waals surface area contributed by atoms with E-state index < -0.39 is 0 Å². The van der Waals surface area contributed by atoms with Crippen LogP contribution < -0.4 is 5.32 Å². The van der Waals surface area contributed by atoms with Gasteiger partial charge < -0.3 is 10.1 Å². The predicted molar refractivity (Wildman–Crippen MR) is 122 cm³/mol. The van der Waals surface area contributed by atoms with Gasteiger partial charge in [-0.05, 0) is 56.2 Å². The Balaban J connectivity index is 1.71. The van der Waals surface area contributed by atoms with Gasteiger partial charge >= 0.3 is 5.97 Å². The standard InChI is InChI=1S/C24H24ClN3O3/c1-4-31-22(29)14-11-18-9-12-20(13-10-18)26-24(30)23-16(2)27-28(17(23)3)15-19-7-5-6-8-21(19)25/h5-14H,4,15H2,1-3H3,(H,26,30)/b14-11+. The zero-order valence-corrected chi connectivity index (χ0v) is 18.4. The van der Waals surface area contributed by atoms with Crippen LogP contribution in [-0.4, -0.2) is 28.3 Å². The Kier molecular flexibility index (Phi) is 7.26. The van der Waals surface area contributed by atoms with Crippen LogP contribution in [0.25, 0.3) is 6.08 Å². The number of carbonyl (C=O) groups is 2. The van der Waals surface area contributed by atoms with Crippen molar-refractivity contribution in [1.29, 1.82) is 0 Å². The van der Waals surface area contributed by atoms with Crippen LogP contribution in [-0.2, 0) is 16.1 Å². The normalized spacial score (nSPS) is 11.0. The number of rotatable bonds is 7. The van der Waals surface area contributed by atoms with Gasteiger partial charge in [0.05, 0.1) is 24.4 Å². The number of ether oxygens (including phenoxy) is 1. The number of aryl methyl sites for hydroxylation is 1. The highest BCUT2D eigenvalue weighted by molar-refractivity contribution is 6.31. The van der Waals surface area contributed by atoms with E-state index in [0.29, 0.717) is 35.1 Å². The lowest BCUT2D eigenvalue weighted by atomic mass is 10.1. The van der Waals surface area contributed by atoms with Crippen molar-refractivity contribution in [2.75, 3.05) is 11.9 Å². The van der Waals surface area contributed by atoms with Crippen LogP contribution in [0.1, 0.15) is 39.8 Å². The summed E-state index contributed by atoms with van der Waals surface area (Å²) in [6.07, 6.45) is 3.04. The molecule has 160 valence electrons. The van der Waals surface area contributed by atoms with Crippen molar-refractivity contribution in [3.63, 3.8) is 0 Å². The molecule has 0 aliphatic rings. The van der Waals surface area contributed by atoms with Crippen molar-refractivity contribution in [3.05, 3.63) is 87.7 Å². The Bertz CT molecular complexity index is 1120. The van der Waals surface area contributed by atoms with Crippen molar-refractivity contribution in [2.24, 2.45) is 0 Å². The van der Waals surface area contributed by atoms with Crippen molar-refractivity contribution in [1.82, 2.24) is 9.78 Å². The zero-order chi connectivity index (χ0) is 22.4. The molecule has 0 aliphatic carbocycles. The molecule has 1 aromatic heterocycles. The molecular weight excluding hydrogens is 414 g/mol. The summed E-state index contributed by atoms with van der Waals surface area (Å²) >= 11 is 6.26. The maximum absolute atomic E-state index is 12.9. The smallest absolute Gasteiger partial charge is 0.330 e. The van der Waals surface area contributed by atoms with E-state index in [1.807, 2.05) is 50.2 Å². The number of halogens is 1. The average molecular weight is 438 g/mol. The van der Waals surface area contributed by atoms with Crippen LogP contribution >= 0.6 is 11.6 Å². The number of nitrogens with one attached hydrogen (secondary N) is 1. The first-order valence-electron chi connectivity index (χ1n) is 9.92. The molecule has 0 aliphatic heterocycles. The molecule has 31 heavy (non-hydrogen) atoms. The minimum Gasteiger partial charge on any atom is -0.463 e. The molecule has 6 nitrogen and oxygen atoms in total. The molecule has 0 unspecified atom stereocenters. The highest BCUT2D eigenvalue weighted by Crippen LogP contribution is 2.21. The summed E-state index contributed by atoms with van der Waals surface area (Å²) in [5.41, 5.74) is 4.37. The van der Waals surface area contributed by atoms with E-state index in [1.165, 1.54) is 6.08 Å². The minimum absolute atomic E-state index is 0.227. The number of hydrogen-bond acceptors (Lipinski definition) is 4. The van der Waals surface area contributed by atoms with Gasteiger partial charge in [0, 0.05) is 22.5 Å². The van der Waals surface area contributed by atoms with Gasteiger partial charge in [0.15, 0.2) is 0 Å². The molecule has 0 spiro atoms. The van der Waals surface area contributed by atoms with Gasteiger partial charge in [-0.3, -0.25) is 9.48 Å². The lowest BCUT2D eigenvalue weighted by Gasteiger charge is -2.08. The molecule has 3 aromatic rings. The van der Waals surface area contributed by atoms with Crippen LogP contribution in [0.2, 0.25) is 5.02 Å². The summed E-state index contributed by atoms with van der Waals surface area (Å²) in [4.78, 5) is 24.3. The van der Waals surface area contributed by atoms with Crippen LogP contribution in [0, 0.1) is 13.8 Å². The fraction of sp³-hybridized carbons (Fsp3) is 0.208. The average Bonchev–Trinajstić information content (AvgIpc) is 3.02. The zero-order valence-electron chi connectivity index (χ0n) is 17.7. The highest BCUT2D eigenvalue weighted by Gasteiger charge is 2.19. The third-order valence-electron chi connectivity index (χ3n) is 4.75. The van der Waals surface area contributed by atoms with E-state index in [9.17, 15) is 9.59 Å². The molecule has 0 bridgehead atoms. The first-order chi connectivity index (χ1) is 14.9. The van der Waals surface area contributed by atoms with Crippen LogP contribution in [0.15, 0.2) is 54.6 Å². The number of amides is 1. The SMILES string of the molecule is CCOC(=O)/C=C/c1ccc(NC(=O)c2c(C)nn(Cc3ccccc3Cl)c2C)cc1. The third-order valence-corrected chi connectivity index (χ3v) is 5.12. The number of nitrogens with zero attached hydrogens (tertiary/aromatic N) is 2. The van der Waals surface area contributed by atoms with E-state index in [0.717, 1.165) is 16.8 Å². The number of anilines is 1. The molecule has 0 atom stereocenters. The second kappa shape index (κ2) is 10.1. The van der Waals surface area contributed by atoms with Crippen molar-refractivity contribution < 1.29 is 14.3 Å². The lowest BCUT2D eigenvalue weighted by Crippen LogP contribution is -2.14. The minimum atomic E-state index is -0.389. The fourth-order valence-corrected chi connectivity index (χ4v) is 3.39. The lowest BCUT2D eigenvalue weighted by molar-refractivity contribution is -0.137. The number of aromatic nitrogens is 2. The van der Waals surface area contributed by atoms with Crippen LogP contribution in [0.3, 0.4) is 0 Å². The molecule has 7 heteroatoms. The molecule has 0 saturated carbocycles. The van der Waals surface area contributed by atoms with Gasteiger partial charge in [-0.15, -0.1) is 0 Å². The Morgan fingerprint density at radius 3 is 2.52 bits per heavy atom. The molecular formula is C24H24ClN3O3. The molecule has 2 aromatic carbocycles. The summed E-state index contributed by atoms with van der Waals surface area (Å²) < 4.78 is 6.65. The van der Waals surface area contributed by atoms with E-state index in [1.54, 1.807) is 29.8 Å². The number of hydrogen-bond donors (Lipinski definition) is 1. The van der Waals surface area contributed by atoms with E-state index >= 15 is 0 Å². The third kappa shape index (κ3) is 5.61. The van der Waals surface area contributed by atoms with Crippen LogP contribution in [0.4, 0.5) is 5.69 Å². The first kappa shape index (κ1) is 22.3. The number of esters is 1. The molecule has 3 rings (SSSR count). The molecule has 1 amide bonds. The molecule has 0 saturated heterocycles. The van der Waals surface area contributed by atoms with E-state index in [2.05, 4.69) is 10.4 Å². The number of benzene rings is 2. The maximum Gasteiger partial charge on any atom is 0.330 e. The number of carbonyl (C=O) groups excluding carboxylic acids is 2. The van der Waals surface area contributed by atoms with Crippen molar-refractivity contribution in [3.8, 4) is 0 Å². The summed E-state index contributed by atoms with van der Waals surface area (Å²) in [5.74, 6) is -0.616. The van der Waals surface area contributed by atoms with E-state index in [4.69, 9.17) is 16.3 Å². The Morgan fingerprint density at radius 2 is 1.84 bits per heavy atom. The first-order valence-corrected chi connectivity index (χ1v) is 10.3. The second-order valence-electron chi connectivity index (χ2n) is 6.96. The van der Waals surface area contributed by atoms with Gasteiger partial charge in [-0.1, -0.05) is 41.9 Å². The molecule has 1 N–H and O–H groups in total. The van der Waals surface area contributed by atoms with Gasteiger partial charge in [-0.2, -0.15) is 5.10 Å². The summed E-state index contributed by atoms with van der Waals surface area (Å²) in [6.45, 7) is 6.26. The van der Waals surface area contributed by atoms with Crippen LogP contribution in [0.5, 0.6) is 0 Å². The summed E-state index contributed by atoms with van der Waals surface area (Å²) in [6, 6.07) is 14.8. The Hall–Kier alpha value is -3.38. The van der Waals surface area contributed by atoms with Crippen molar-refractivity contribution >= 4 is 35.2 Å². The predicted octanol–water partition coefficient (Wildman–Crippen LogP) is 5.03. The molecule has 0 radical (unpaired) electrons. The van der Waals surface area contributed by atoms with Gasteiger partial charge in [0.25, 0.3) is 5.91 Å². The highest BCUT2D eigenvalue weighted by atomic mass is 35.5. The van der Waals surface area contributed by atoms with Crippen molar-refractivity contribution in [2.45, 2.75) is 27.3 Å². The topological polar surface area (TPSA) is 73.2 Å². The monoisotopic (exact) mass is 437 g/mol. The largest absolute Gasteiger partial charge is 0.463 e. The molecule has 1 heterocycles. The van der Waals surface area contributed by atoms with Gasteiger partial charge in [0.1, 0.15) is 0 Å². The Labute approximate surface area is 186 Å². The van der Waals surface area contributed by atoms with Gasteiger partial charge in [0.2, 0.25) is 0 Å². The van der Waals surface area contributed by atoms with E-state index in [-0.39, 0.29) is 11.9 Å². The summed E-state index contributed by atoms with van der Waals surface area (Å²) in [5, 5.41) is 8.10. The maximum atomic E-state index is 12.9. The summed E-state index contributed by atoms with van der Waals surface area (Å²) in [7, 11) is 0. The fourth-order valence-electron chi connectivity index (χ4n) is 3.19. The van der Waals surface area contributed by atoms with Gasteiger partial charge in [-0.25, -0.2) is 4.79 Å².